The van der Waals surface area contributed by atoms with Crippen molar-refractivity contribution < 1.29 is 4.92 Å². The fourth-order valence-corrected chi connectivity index (χ4v) is 1.91. The van der Waals surface area contributed by atoms with Gasteiger partial charge in [0.15, 0.2) is 0 Å². The van der Waals surface area contributed by atoms with Crippen LogP contribution in [0, 0.1) is 10.1 Å². The second-order valence-corrected chi connectivity index (χ2v) is 4.56. The first-order chi connectivity index (χ1) is 8.63. The Morgan fingerprint density at radius 1 is 1.39 bits per heavy atom. The summed E-state index contributed by atoms with van der Waals surface area (Å²) in [4.78, 5) is 18.4. The van der Waals surface area contributed by atoms with E-state index in [1.165, 1.54) is 12.1 Å². The monoisotopic (exact) mass is 264 g/mol. The van der Waals surface area contributed by atoms with Crippen molar-refractivity contribution in [2.24, 2.45) is 0 Å². The number of hydrogen-bond acceptors (Lipinski definition) is 5. The molecule has 0 amide bonds. The SMILES string of the molecule is O=[N+]([O-])c1ccc2c(NC3CC3)nc(Cl)nc2c1. The van der Waals surface area contributed by atoms with Gasteiger partial charge in [0.2, 0.25) is 5.28 Å². The van der Waals surface area contributed by atoms with E-state index in [0.29, 0.717) is 17.4 Å². The van der Waals surface area contributed by atoms with Gasteiger partial charge in [0.05, 0.1) is 10.4 Å². The molecule has 7 heteroatoms. The van der Waals surface area contributed by atoms with E-state index in [-0.39, 0.29) is 11.0 Å². The first-order valence-corrected chi connectivity index (χ1v) is 5.89. The number of anilines is 1. The van der Waals surface area contributed by atoms with Crippen molar-refractivity contribution in [3.8, 4) is 0 Å². The normalized spacial score (nSPS) is 14.7. The molecule has 1 heterocycles. The van der Waals surface area contributed by atoms with Gasteiger partial charge in [-0.25, -0.2) is 9.97 Å². The number of nitrogens with zero attached hydrogens (tertiary/aromatic N) is 3. The third-order valence-corrected chi connectivity index (χ3v) is 2.95. The Labute approximate surface area is 107 Å². The van der Waals surface area contributed by atoms with Crippen LogP contribution in [0.2, 0.25) is 5.28 Å². The molecule has 3 rings (SSSR count). The third-order valence-electron chi connectivity index (χ3n) is 2.78. The van der Waals surface area contributed by atoms with Gasteiger partial charge in [-0.05, 0) is 30.5 Å². The first-order valence-electron chi connectivity index (χ1n) is 5.52. The van der Waals surface area contributed by atoms with Crippen LogP contribution >= 0.6 is 11.6 Å². The summed E-state index contributed by atoms with van der Waals surface area (Å²) in [6.45, 7) is 0. The molecule has 0 saturated heterocycles. The average Bonchev–Trinajstić information content (AvgIpc) is 3.11. The lowest BCUT2D eigenvalue weighted by atomic mass is 10.2. The molecule has 92 valence electrons. The zero-order chi connectivity index (χ0) is 12.7. The maximum Gasteiger partial charge on any atom is 0.271 e. The van der Waals surface area contributed by atoms with Crippen LogP contribution in [0.25, 0.3) is 10.9 Å². The van der Waals surface area contributed by atoms with E-state index in [1.54, 1.807) is 6.07 Å². The lowest BCUT2D eigenvalue weighted by Crippen LogP contribution is -2.04. The van der Waals surface area contributed by atoms with Crippen molar-refractivity contribution in [3.63, 3.8) is 0 Å². The van der Waals surface area contributed by atoms with Crippen LogP contribution in [-0.2, 0) is 0 Å². The molecule has 0 atom stereocenters. The van der Waals surface area contributed by atoms with E-state index in [2.05, 4.69) is 15.3 Å². The van der Waals surface area contributed by atoms with Crippen molar-refractivity contribution in [1.29, 1.82) is 0 Å². The standard InChI is InChI=1S/C11H9ClN4O2/c12-11-14-9-5-7(16(17)18)3-4-8(9)10(15-11)13-6-1-2-6/h3-6H,1-2H2,(H,13,14,15). The molecule has 1 aromatic carbocycles. The van der Waals surface area contributed by atoms with Gasteiger partial charge < -0.3 is 5.32 Å². The summed E-state index contributed by atoms with van der Waals surface area (Å²) in [5, 5.41) is 14.8. The second kappa shape index (κ2) is 4.06. The third kappa shape index (κ3) is 2.06. The Balaban J connectivity index is 2.14. The van der Waals surface area contributed by atoms with Crippen molar-refractivity contribution in [2.45, 2.75) is 18.9 Å². The highest BCUT2D eigenvalue weighted by Crippen LogP contribution is 2.30. The molecule has 2 aromatic rings. The van der Waals surface area contributed by atoms with Crippen LogP contribution in [-0.4, -0.2) is 20.9 Å². The van der Waals surface area contributed by atoms with E-state index >= 15 is 0 Å². The van der Waals surface area contributed by atoms with E-state index < -0.39 is 4.92 Å². The summed E-state index contributed by atoms with van der Waals surface area (Å²) >= 11 is 5.83. The number of nitro benzene ring substituents is 1. The number of hydrogen-bond donors (Lipinski definition) is 1. The number of nitro groups is 1. The van der Waals surface area contributed by atoms with Crippen molar-refractivity contribution in [3.05, 3.63) is 33.6 Å². The number of nitrogens with one attached hydrogen (secondary N) is 1. The predicted molar refractivity (Wildman–Crippen MR) is 67.8 cm³/mol. The Hall–Kier alpha value is -1.95. The van der Waals surface area contributed by atoms with E-state index in [4.69, 9.17) is 11.6 Å². The Morgan fingerprint density at radius 3 is 2.83 bits per heavy atom. The summed E-state index contributed by atoms with van der Waals surface area (Å²) in [6, 6.07) is 4.92. The summed E-state index contributed by atoms with van der Waals surface area (Å²) in [5.74, 6) is 0.641. The van der Waals surface area contributed by atoms with Crippen LogP contribution in [0.15, 0.2) is 18.2 Å². The molecular weight excluding hydrogens is 256 g/mol. The van der Waals surface area contributed by atoms with Gasteiger partial charge in [0, 0.05) is 23.6 Å². The molecule has 1 aliphatic rings. The molecule has 1 aromatic heterocycles. The van der Waals surface area contributed by atoms with Gasteiger partial charge in [-0.2, -0.15) is 0 Å². The molecule has 0 unspecified atom stereocenters. The van der Waals surface area contributed by atoms with Gasteiger partial charge in [0.1, 0.15) is 5.82 Å². The largest absolute Gasteiger partial charge is 0.367 e. The van der Waals surface area contributed by atoms with Crippen LogP contribution in [0.3, 0.4) is 0 Å². The van der Waals surface area contributed by atoms with Gasteiger partial charge in [-0.3, -0.25) is 10.1 Å². The highest BCUT2D eigenvalue weighted by Gasteiger charge is 2.23. The molecule has 1 saturated carbocycles. The highest BCUT2D eigenvalue weighted by atomic mass is 35.5. The predicted octanol–water partition coefficient (Wildman–Crippen LogP) is 2.77. The zero-order valence-electron chi connectivity index (χ0n) is 9.26. The molecule has 0 aliphatic heterocycles. The number of non-ortho nitro benzene ring substituents is 1. The van der Waals surface area contributed by atoms with Gasteiger partial charge in [-0.1, -0.05) is 0 Å². The highest BCUT2D eigenvalue weighted by molar-refractivity contribution is 6.28. The minimum Gasteiger partial charge on any atom is -0.367 e. The van der Waals surface area contributed by atoms with Crippen LogP contribution in [0.5, 0.6) is 0 Å². The minimum atomic E-state index is -0.455. The average molecular weight is 265 g/mol. The zero-order valence-corrected chi connectivity index (χ0v) is 10.0. The van der Waals surface area contributed by atoms with Gasteiger partial charge >= 0.3 is 0 Å². The Kier molecular flexibility index (Phi) is 2.52. The minimum absolute atomic E-state index is 0.00496. The molecule has 1 aliphatic carbocycles. The maximum absolute atomic E-state index is 10.7. The quantitative estimate of drug-likeness (QED) is 0.524. The van der Waals surface area contributed by atoms with Crippen LogP contribution in [0.4, 0.5) is 11.5 Å². The van der Waals surface area contributed by atoms with Gasteiger partial charge in [0.25, 0.3) is 5.69 Å². The molecular formula is C11H9ClN4O2. The van der Waals surface area contributed by atoms with Crippen molar-refractivity contribution in [1.82, 2.24) is 9.97 Å². The molecule has 0 spiro atoms. The fourth-order valence-electron chi connectivity index (χ4n) is 1.73. The van der Waals surface area contributed by atoms with E-state index in [1.807, 2.05) is 0 Å². The first kappa shape index (κ1) is 11.2. The van der Waals surface area contributed by atoms with Crippen LogP contribution < -0.4 is 5.32 Å². The fraction of sp³-hybridized carbons (Fsp3) is 0.273. The van der Waals surface area contributed by atoms with Crippen molar-refractivity contribution >= 4 is 34.0 Å². The van der Waals surface area contributed by atoms with Crippen molar-refractivity contribution in [2.75, 3.05) is 5.32 Å². The number of benzene rings is 1. The molecule has 18 heavy (non-hydrogen) atoms. The maximum atomic E-state index is 10.7. The molecule has 1 N–H and O–H groups in total. The second-order valence-electron chi connectivity index (χ2n) is 4.22. The summed E-state index contributed by atoms with van der Waals surface area (Å²) in [5.41, 5.74) is 0.474. The number of fused-ring (bicyclic) bond motifs is 1. The lowest BCUT2D eigenvalue weighted by Gasteiger charge is -2.07. The molecule has 6 nitrogen and oxygen atoms in total. The summed E-state index contributed by atoms with van der Waals surface area (Å²) in [6.07, 6.45) is 2.21. The smallest absolute Gasteiger partial charge is 0.271 e. The Morgan fingerprint density at radius 2 is 2.17 bits per heavy atom. The summed E-state index contributed by atoms with van der Waals surface area (Å²) < 4.78 is 0. The Bertz CT molecular complexity index is 642. The number of halogens is 1. The molecule has 0 radical (unpaired) electrons. The number of aromatic nitrogens is 2. The summed E-state index contributed by atoms with van der Waals surface area (Å²) in [7, 11) is 0. The molecule has 0 bridgehead atoms. The van der Waals surface area contributed by atoms with Gasteiger partial charge in [-0.15, -0.1) is 0 Å². The van der Waals surface area contributed by atoms with E-state index in [9.17, 15) is 10.1 Å². The van der Waals surface area contributed by atoms with E-state index in [0.717, 1.165) is 18.2 Å². The number of rotatable bonds is 3. The topological polar surface area (TPSA) is 81.0 Å². The van der Waals surface area contributed by atoms with Crippen LogP contribution in [0.1, 0.15) is 12.8 Å². The molecule has 1 fully saturated rings. The lowest BCUT2D eigenvalue weighted by molar-refractivity contribution is -0.384.